The van der Waals surface area contributed by atoms with Crippen molar-refractivity contribution in [2.45, 2.75) is 32.6 Å². The van der Waals surface area contributed by atoms with Crippen LogP contribution in [-0.2, 0) is 6.42 Å². The zero-order chi connectivity index (χ0) is 12.3. The maximum absolute atomic E-state index is 12.0. The molecule has 0 bridgehead atoms. The van der Waals surface area contributed by atoms with Gasteiger partial charge in [0, 0.05) is 18.3 Å². The summed E-state index contributed by atoms with van der Waals surface area (Å²) in [7, 11) is 0. The summed E-state index contributed by atoms with van der Waals surface area (Å²) < 4.78 is 5.26. The third-order valence-electron chi connectivity index (χ3n) is 3.52. The Labute approximate surface area is 110 Å². The molecule has 3 nitrogen and oxygen atoms in total. The second-order valence-electron chi connectivity index (χ2n) is 4.73. The molecule has 0 radical (unpaired) electrons. The first-order chi connectivity index (χ1) is 8.21. The maximum Gasteiger partial charge on any atom is 0.254 e. The van der Waals surface area contributed by atoms with Gasteiger partial charge in [-0.3, -0.25) is 4.79 Å². The Hall–Kier alpha value is -0.770. The highest BCUT2D eigenvalue weighted by molar-refractivity contribution is 9.09. The number of nitrogens with one attached hydrogen (secondary N) is 1. The monoisotopic (exact) mass is 299 g/mol. The van der Waals surface area contributed by atoms with Crippen molar-refractivity contribution in [2.24, 2.45) is 5.41 Å². The van der Waals surface area contributed by atoms with E-state index in [0.29, 0.717) is 11.0 Å². The van der Waals surface area contributed by atoms with Gasteiger partial charge in [0.15, 0.2) is 0 Å². The van der Waals surface area contributed by atoms with Gasteiger partial charge in [-0.1, -0.05) is 22.9 Å². The summed E-state index contributed by atoms with van der Waals surface area (Å²) in [5.41, 5.74) is 1.04. The molecule has 1 aliphatic carbocycles. The Kier molecular flexibility index (Phi) is 3.92. The Balaban J connectivity index is 1.90. The molecule has 4 heteroatoms. The Morgan fingerprint density at radius 3 is 2.94 bits per heavy atom. The molecule has 0 aromatic carbocycles. The smallest absolute Gasteiger partial charge is 0.254 e. The van der Waals surface area contributed by atoms with E-state index >= 15 is 0 Å². The topological polar surface area (TPSA) is 42.2 Å². The van der Waals surface area contributed by atoms with Crippen molar-refractivity contribution in [1.82, 2.24) is 5.32 Å². The van der Waals surface area contributed by atoms with E-state index in [1.807, 2.05) is 6.92 Å². The average molecular weight is 300 g/mol. The highest BCUT2D eigenvalue weighted by Gasteiger charge is 2.41. The van der Waals surface area contributed by atoms with Gasteiger partial charge in [-0.25, -0.2) is 0 Å². The summed E-state index contributed by atoms with van der Waals surface area (Å²) >= 11 is 3.47. The number of amides is 1. The van der Waals surface area contributed by atoms with Crippen LogP contribution in [0.2, 0.25) is 0 Å². The van der Waals surface area contributed by atoms with Crippen LogP contribution in [0, 0.1) is 5.41 Å². The van der Waals surface area contributed by atoms with Gasteiger partial charge >= 0.3 is 0 Å². The van der Waals surface area contributed by atoms with E-state index in [-0.39, 0.29) is 5.91 Å². The van der Waals surface area contributed by atoms with E-state index in [2.05, 4.69) is 21.2 Å². The van der Waals surface area contributed by atoms with E-state index in [1.165, 1.54) is 12.8 Å². The van der Waals surface area contributed by atoms with Gasteiger partial charge in [-0.15, -0.1) is 0 Å². The molecule has 1 saturated carbocycles. The molecule has 1 aliphatic rings. The van der Waals surface area contributed by atoms with Crippen LogP contribution in [0.25, 0.3) is 0 Å². The highest BCUT2D eigenvalue weighted by atomic mass is 79.9. The molecule has 0 saturated heterocycles. The average Bonchev–Trinajstić information content (AvgIpc) is 2.93. The van der Waals surface area contributed by atoms with Crippen LogP contribution < -0.4 is 5.32 Å². The van der Waals surface area contributed by atoms with Crippen LogP contribution in [0.1, 0.15) is 42.3 Å². The molecule has 17 heavy (non-hydrogen) atoms. The molecule has 2 rings (SSSR count). The molecule has 1 amide bonds. The molecular weight excluding hydrogens is 282 g/mol. The number of rotatable bonds is 6. The normalized spacial score (nSPS) is 16.8. The van der Waals surface area contributed by atoms with Crippen LogP contribution in [0.4, 0.5) is 0 Å². The molecular formula is C13H18BrNO2. The highest BCUT2D eigenvalue weighted by Crippen LogP contribution is 2.48. The number of furan rings is 1. The number of carbonyl (C=O) groups is 1. The third kappa shape index (κ3) is 2.92. The first-order valence-corrected chi connectivity index (χ1v) is 7.23. The van der Waals surface area contributed by atoms with Crippen molar-refractivity contribution in [3.63, 3.8) is 0 Å². The molecule has 1 heterocycles. The summed E-state index contributed by atoms with van der Waals surface area (Å²) in [4.78, 5) is 12.0. The molecule has 0 aliphatic heterocycles. The fourth-order valence-electron chi connectivity index (χ4n) is 2.07. The zero-order valence-corrected chi connectivity index (χ0v) is 11.7. The zero-order valence-electron chi connectivity index (χ0n) is 10.1. The molecule has 1 aromatic heterocycles. The summed E-state index contributed by atoms with van der Waals surface area (Å²) in [5, 5.41) is 4.04. The number of halogens is 1. The minimum absolute atomic E-state index is 0.00329. The molecule has 0 unspecified atom stereocenters. The van der Waals surface area contributed by atoms with Gasteiger partial charge in [0.25, 0.3) is 5.91 Å². The molecule has 0 spiro atoms. The molecule has 1 fully saturated rings. The standard InChI is InChI=1S/C13H18BrNO2/c1-2-11-10(3-8-17-11)12(16)15-9-13(4-5-13)6-7-14/h3,8H,2,4-7,9H2,1H3,(H,15,16). The molecule has 0 atom stereocenters. The van der Waals surface area contributed by atoms with Gasteiger partial charge in [0.05, 0.1) is 11.8 Å². The number of aryl methyl sites for hydroxylation is 1. The molecule has 1 aromatic rings. The van der Waals surface area contributed by atoms with Crippen LogP contribution in [0.15, 0.2) is 16.7 Å². The number of hydrogen-bond acceptors (Lipinski definition) is 2. The third-order valence-corrected chi connectivity index (χ3v) is 3.91. The van der Waals surface area contributed by atoms with Gasteiger partial charge in [0.2, 0.25) is 0 Å². The van der Waals surface area contributed by atoms with Crippen molar-refractivity contribution < 1.29 is 9.21 Å². The van der Waals surface area contributed by atoms with Crippen molar-refractivity contribution in [3.8, 4) is 0 Å². The Morgan fingerprint density at radius 2 is 2.35 bits per heavy atom. The summed E-state index contributed by atoms with van der Waals surface area (Å²) in [6, 6.07) is 1.75. The molecule has 1 N–H and O–H groups in total. The summed E-state index contributed by atoms with van der Waals surface area (Å²) in [6.45, 7) is 2.77. The fraction of sp³-hybridized carbons (Fsp3) is 0.615. The first-order valence-electron chi connectivity index (χ1n) is 6.11. The van der Waals surface area contributed by atoms with Crippen molar-refractivity contribution in [3.05, 3.63) is 23.7 Å². The van der Waals surface area contributed by atoms with Gasteiger partial charge in [-0.05, 0) is 30.7 Å². The Bertz CT molecular complexity index is 396. The van der Waals surface area contributed by atoms with Crippen molar-refractivity contribution >= 4 is 21.8 Å². The maximum atomic E-state index is 12.0. The Morgan fingerprint density at radius 1 is 1.59 bits per heavy atom. The summed E-state index contributed by atoms with van der Waals surface area (Å²) in [5.74, 6) is 0.768. The predicted molar refractivity (Wildman–Crippen MR) is 70.5 cm³/mol. The van der Waals surface area contributed by atoms with Gasteiger partial charge < -0.3 is 9.73 Å². The minimum Gasteiger partial charge on any atom is -0.469 e. The lowest BCUT2D eigenvalue weighted by atomic mass is 10.0. The molecule has 94 valence electrons. The van der Waals surface area contributed by atoms with Crippen LogP contribution in [-0.4, -0.2) is 17.8 Å². The lowest BCUT2D eigenvalue weighted by Gasteiger charge is -2.14. The van der Waals surface area contributed by atoms with Gasteiger partial charge in [-0.2, -0.15) is 0 Å². The number of alkyl halides is 1. The quantitative estimate of drug-likeness (QED) is 0.820. The van der Waals surface area contributed by atoms with E-state index in [1.54, 1.807) is 12.3 Å². The van der Waals surface area contributed by atoms with E-state index in [0.717, 1.165) is 30.5 Å². The SMILES string of the molecule is CCc1occc1C(=O)NCC1(CCBr)CC1. The number of hydrogen-bond donors (Lipinski definition) is 1. The largest absolute Gasteiger partial charge is 0.469 e. The summed E-state index contributed by atoms with van der Waals surface area (Å²) in [6.07, 6.45) is 5.93. The van der Waals surface area contributed by atoms with Crippen molar-refractivity contribution in [1.29, 1.82) is 0 Å². The minimum atomic E-state index is -0.00329. The van der Waals surface area contributed by atoms with Crippen LogP contribution in [0.3, 0.4) is 0 Å². The second kappa shape index (κ2) is 5.25. The van der Waals surface area contributed by atoms with Crippen molar-refractivity contribution in [2.75, 3.05) is 11.9 Å². The lowest BCUT2D eigenvalue weighted by molar-refractivity contribution is 0.0942. The van der Waals surface area contributed by atoms with Gasteiger partial charge in [0.1, 0.15) is 5.76 Å². The fourth-order valence-corrected chi connectivity index (χ4v) is 2.91. The van der Waals surface area contributed by atoms with E-state index in [4.69, 9.17) is 4.42 Å². The van der Waals surface area contributed by atoms with E-state index < -0.39 is 0 Å². The van der Waals surface area contributed by atoms with E-state index in [9.17, 15) is 4.79 Å². The lowest BCUT2D eigenvalue weighted by Crippen LogP contribution is -2.30. The second-order valence-corrected chi connectivity index (χ2v) is 5.53. The predicted octanol–water partition coefficient (Wildman–Crippen LogP) is 3.14. The number of carbonyl (C=O) groups excluding carboxylic acids is 1. The van der Waals surface area contributed by atoms with Crippen LogP contribution >= 0.6 is 15.9 Å². The first kappa shape index (κ1) is 12.7. The van der Waals surface area contributed by atoms with Crippen LogP contribution in [0.5, 0.6) is 0 Å².